The second-order valence-electron chi connectivity index (χ2n) is 5.88. The lowest BCUT2D eigenvalue weighted by Crippen LogP contribution is -2.32. The van der Waals surface area contributed by atoms with Gasteiger partial charge in [0.25, 0.3) is 0 Å². The summed E-state index contributed by atoms with van der Waals surface area (Å²) in [4.78, 5) is 2.54. The first kappa shape index (κ1) is 14.2. The molecule has 2 heterocycles. The molecule has 3 rings (SSSR count). The van der Waals surface area contributed by atoms with Crippen molar-refractivity contribution < 1.29 is 9.84 Å². The summed E-state index contributed by atoms with van der Waals surface area (Å²) in [5.41, 5.74) is 1.17. The van der Waals surface area contributed by atoms with E-state index in [9.17, 15) is 5.11 Å². The SMILES string of the molecule is COc1cc(CN2CC3CNCC3C2C)cc(Br)c1O. The fourth-order valence-corrected chi connectivity index (χ4v) is 4.06. The quantitative estimate of drug-likeness (QED) is 0.885. The zero-order valence-corrected chi connectivity index (χ0v) is 13.5. The van der Waals surface area contributed by atoms with Crippen molar-refractivity contribution in [2.75, 3.05) is 26.7 Å². The number of fused-ring (bicyclic) bond motifs is 1. The summed E-state index contributed by atoms with van der Waals surface area (Å²) in [6, 6.07) is 4.52. The van der Waals surface area contributed by atoms with Crippen molar-refractivity contribution in [3.63, 3.8) is 0 Å². The molecule has 3 atom stereocenters. The minimum Gasteiger partial charge on any atom is -0.503 e. The average molecular weight is 341 g/mol. The number of benzene rings is 1. The van der Waals surface area contributed by atoms with Crippen molar-refractivity contribution in [1.29, 1.82) is 0 Å². The molecule has 2 fully saturated rings. The lowest BCUT2D eigenvalue weighted by molar-refractivity contribution is 0.231. The van der Waals surface area contributed by atoms with Crippen molar-refractivity contribution >= 4 is 15.9 Å². The first-order chi connectivity index (χ1) is 9.60. The third kappa shape index (κ3) is 2.43. The molecule has 0 aromatic heterocycles. The van der Waals surface area contributed by atoms with Crippen molar-refractivity contribution in [3.05, 3.63) is 22.2 Å². The molecule has 0 aliphatic carbocycles. The van der Waals surface area contributed by atoms with Crippen molar-refractivity contribution in [1.82, 2.24) is 10.2 Å². The highest BCUT2D eigenvalue weighted by atomic mass is 79.9. The lowest BCUT2D eigenvalue weighted by Gasteiger charge is -2.24. The van der Waals surface area contributed by atoms with Gasteiger partial charge >= 0.3 is 0 Å². The van der Waals surface area contributed by atoms with Gasteiger partial charge < -0.3 is 15.2 Å². The van der Waals surface area contributed by atoms with Crippen molar-refractivity contribution in [2.45, 2.75) is 19.5 Å². The maximum Gasteiger partial charge on any atom is 0.172 e. The summed E-state index contributed by atoms with van der Waals surface area (Å²) < 4.78 is 5.92. The van der Waals surface area contributed by atoms with Gasteiger partial charge in [-0.3, -0.25) is 4.90 Å². The molecule has 1 aromatic carbocycles. The second-order valence-corrected chi connectivity index (χ2v) is 6.74. The standard InChI is InChI=1S/C15H21BrN2O2/c1-9-12-6-17-5-11(12)8-18(9)7-10-3-13(16)15(19)14(4-10)20-2/h3-4,9,11-12,17,19H,5-8H2,1-2H3. The van der Waals surface area contributed by atoms with Crippen LogP contribution in [0.4, 0.5) is 0 Å². The zero-order valence-electron chi connectivity index (χ0n) is 11.9. The van der Waals surface area contributed by atoms with Crippen LogP contribution in [0, 0.1) is 11.8 Å². The van der Waals surface area contributed by atoms with Crippen LogP contribution in [0.15, 0.2) is 16.6 Å². The largest absolute Gasteiger partial charge is 0.503 e. The first-order valence-electron chi connectivity index (χ1n) is 7.10. The van der Waals surface area contributed by atoms with Gasteiger partial charge in [0.15, 0.2) is 11.5 Å². The number of rotatable bonds is 3. The van der Waals surface area contributed by atoms with E-state index in [1.807, 2.05) is 12.1 Å². The van der Waals surface area contributed by atoms with Gasteiger partial charge in [-0.15, -0.1) is 0 Å². The Morgan fingerprint density at radius 1 is 1.45 bits per heavy atom. The maximum atomic E-state index is 9.87. The van der Waals surface area contributed by atoms with Gasteiger partial charge in [-0.2, -0.15) is 0 Å². The molecule has 0 spiro atoms. The smallest absolute Gasteiger partial charge is 0.172 e. The third-order valence-electron chi connectivity index (χ3n) is 4.75. The van der Waals surface area contributed by atoms with Gasteiger partial charge in [0.05, 0.1) is 11.6 Å². The Morgan fingerprint density at radius 3 is 2.95 bits per heavy atom. The summed E-state index contributed by atoms with van der Waals surface area (Å²) in [5.74, 6) is 2.26. The number of nitrogens with one attached hydrogen (secondary N) is 1. The van der Waals surface area contributed by atoms with E-state index in [1.165, 1.54) is 5.56 Å². The van der Waals surface area contributed by atoms with Crippen LogP contribution in [0.2, 0.25) is 0 Å². The van der Waals surface area contributed by atoms with Gasteiger partial charge in [-0.1, -0.05) is 0 Å². The van der Waals surface area contributed by atoms with Crippen molar-refractivity contribution in [3.8, 4) is 11.5 Å². The molecule has 4 nitrogen and oxygen atoms in total. The third-order valence-corrected chi connectivity index (χ3v) is 5.35. The Labute approximate surface area is 128 Å². The Balaban J connectivity index is 1.77. The maximum absolute atomic E-state index is 9.87. The topological polar surface area (TPSA) is 44.7 Å². The summed E-state index contributed by atoms with van der Waals surface area (Å²) in [6.07, 6.45) is 0. The number of hydrogen-bond acceptors (Lipinski definition) is 4. The van der Waals surface area contributed by atoms with Crippen LogP contribution in [-0.2, 0) is 6.54 Å². The lowest BCUT2D eigenvalue weighted by atomic mass is 9.95. The highest BCUT2D eigenvalue weighted by molar-refractivity contribution is 9.10. The van der Waals surface area contributed by atoms with E-state index in [1.54, 1.807) is 7.11 Å². The molecule has 2 aliphatic heterocycles. The Morgan fingerprint density at radius 2 is 2.25 bits per heavy atom. The number of phenols is 1. The average Bonchev–Trinajstić information content (AvgIpc) is 2.98. The predicted octanol–water partition coefficient (Wildman–Crippen LogP) is 2.20. The molecular formula is C15H21BrN2O2. The number of nitrogens with zero attached hydrogens (tertiary/aromatic N) is 1. The van der Waals surface area contributed by atoms with Crippen LogP contribution < -0.4 is 10.1 Å². The number of halogens is 1. The highest BCUT2D eigenvalue weighted by Crippen LogP contribution is 2.37. The van der Waals surface area contributed by atoms with Gasteiger partial charge in [0, 0.05) is 19.1 Å². The van der Waals surface area contributed by atoms with Crippen LogP contribution >= 0.6 is 15.9 Å². The molecule has 110 valence electrons. The van der Waals surface area contributed by atoms with Crippen LogP contribution in [0.3, 0.4) is 0 Å². The minimum atomic E-state index is 0.173. The molecule has 2 aliphatic rings. The molecule has 2 N–H and O–H groups in total. The molecule has 2 saturated heterocycles. The molecule has 20 heavy (non-hydrogen) atoms. The minimum absolute atomic E-state index is 0.173. The highest BCUT2D eigenvalue weighted by Gasteiger charge is 2.41. The van der Waals surface area contributed by atoms with Crippen LogP contribution in [0.25, 0.3) is 0 Å². The van der Waals surface area contributed by atoms with Gasteiger partial charge in [0.2, 0.25) is 0 Å². The number of methoxy groups -OCH3 is 1. The molecule has 3 unspecified atom stereocenters. The van der Waals surface area contributed by atoms with Crippen LogP contribution in [0.1, 0.15) is 12.5 Å². The van der Waals surface area contributed by atoms with E-state index in [2.05, 4.69) is 33.1 Å². The number of phenolic OH excluding ortho intramolecular Hbond substituents is 1. The normalized spacial score (nSPS) is 29.6. The summed E-state index contributed by atoms with van der Waals surface area (Å²) in [6.45, 7) is 6.67. The first-order valence-corrected chi connectivity index (χ1v) is 7.89. The van der Waals surface area contributed by atoms with E-state index in [4.69, 9.17) is 4.74 Å². The van der Waals surface area contributed by atoms with Crippen molar-refractivity contribution in [2.24, 2.45) is 11.8 Å². The summed E-state index contributed by atoms with van der Waals surface area (Å²) >= 11 is 3.39. The molecule has 5 heteroatoms. The summed E-state index contributed by atoms with van der Waals surface area (Å²) in [5, 5.41) is 13.4. The summed E-state index contributed by atoms with van der Waals surface area (Å²) in [7, 11) is 1.58. The fraction of sp³-hybridized carbons (Fsp3) is 0.600. The molecule has 0 radical (unpaired) electrons. The van der Waals surface area contributed by atoms with Crippen LogP contribution in [-0.4, -0.2) is 42.8 Å². The molecule has 0 saturated carbocycles. The Hall–Kier alpha value is -0.780. The molecular weight excluding hydrogens is 320 g/mol. The van der Waals surface area contributed by atoms with E-state index in [0.29, 0.717) is 16.3 Å². The molecule has 0 bridgehead atoms. The molecule has 1 aromatic rings. The fourth-order valence-electron chi connectivity index (χ4n) is 3.57. The number of likely N-dealkylation sites (tertiary alicyclic amines) is 1. The van der Waals surface area contributed by atoms with E-state index in [0.717, 1.165) is 38.0 Å². The predicted molar refractivity (Wildman–Crippen MR) is 82.1 cm³/mol. The number of ether oxygens (including phenoxy) is 1. The number of hydrogen-bond donors (Lipinski definition) is 2. The number of aromatic hydroxyl groups is 1. The van der Waals surface area contributed by atoms with Gasteiger partial charge in [-0.05, 0) is 65.5 Å². The van der Waals surface area contributed by atoms with Gasteiger partial charge in [0.1, 0.15) is 0 Å². The second kappa shape index (κ2) is 5.54. The Kier molecular flexibility index (Phi) is 3.93. The zero-order chi connectivity index (χ0) is 14.3. The van der Waals surface area contributed by atoms with E-state index < -0.39 is 0 Å². The Bertz CT molecular complexity index is 509. The van der Waals surface area contributed by atoms with Crippen LogP contribution in [0.5, 0.6) is 11.5 Å². The van der Waals surface area contributed by atoms with E-state index >= 15 is 0 Å². The van der Waals surface area contributed by atoms with E-state index in [-0.39, 0.29) is 5.75 Å². The monoisotopic (exact) mass is 340 g/mol. The van der Waals surface area contributed by atoms with Gasteiger partial charge in [-0.25, -0.2) is 0 Å². The molecule has 0 amide bonds.